The Morgan fingerprint density at radius 3 is 2.22 bits per heavy atom. The molecular weight excluding hydrogens is 861 g/mol. The number of likely N-dealkylation sites (tertiary alicyclic amines) is 2. The monoisotopic (exact) mass is 933 g/mol. The number of anilines is 1. The van der Waals surface area contributed by atoms with Crippen molar-refractivity contribution in [1.82, 2.24) is 34.0 Å². The van der Waals surface area contributed by atoms with Crippen LogP contribution >= 0.6 is 0 Å². The van der Waals surface area contributed by atoms with Gasteiger partial charge in [0.25, 0.3) is 5.91 Å². The zero-order chi connectivity index (χ0) is 46.7. The molecule has 0 aliphatic carbocycles. The van der Waals surface area contributed by atoms with Crippen molar-refractivity contribution >= 4 is 46.7 Å². The van der Waals surface area contributed by atoms with Crippen LogP contribution in [0, 0.1) is 12.8 Å². The number of ether oxygens (including phenoxy) is 3. The molecule has 18 heteroatoms. The molecule has 5 aliphatic heterocycles. The first-order valence-electron chi connectivity index (χ1n) is 23.7. The number of hydrogen-bond acceptors (Lipinski definition) is 12. The van der Waals surface area contributed by atoms with Crippen molar-refractivity contribution in [2.75, 3.05) is 111 Å². The molecule has 0 radical (unpaired) electrons. The van der Waals surface area contributed by atoms with Crippen LogP contribution in [0.2, 0.25) is 0 Å². The molecule has 1 atom stereocenters. The van der Waals surface area contributed by atoms with Gasteiger partial charge in [0.2, 0.25) is 5.91 Å². The molecule has 0 bridgehead atoms. The van der Waals surface area contributed by atoms with E-state index in [1.54, 1.807) is 22.9 Å². The number of aromatic nitrogens is 1. The number of piperazine rings is 1. The van der Waals surface area contributed by atoms with Crippen molar-refractivity contribution in [2.24, 2.45) is 13.0 Å². The fourth-order valence-electron chi connectivity index (χ4n) is 9.43. The SMILES string of the molecule is C.CC1CCN(C(=O)CCC(=O)OCCN2CCOCC2)CC1.Cc1cc(C[C@@H](OC(=O)N2CCC(N3CCc4ccccc4NC3=O)CC2)C(=O)N2CCN(C)CC2)cc2oc(=O)n(C)c12. The van der Waals surface area contributed by atoms with Crippen molar-refractivity contribution in [2.45, 2.75) is 84.8 Å². The topological polar surface area (TPSA) is 180 Å². The second-order valence-electron chi connectivity index (χ2n) is 18.4. The molecule has 5 aliphatic rings. The zero-order valence-corrected chi connectivity index (χ0v) is 39.2. The Hall–Kier alpha value is -5.46. The number of likely N-dealkylation sites (N-methyl/N-ethyl adjacent to an activating group) is 1. The second-order valence-corrected chi connectivity index (χ2v) is 18.4. The number of rotatable bonds is 11. The highest BCUT2D eigenvalue weighted by Crippen LogP contribution is 2.26. The number of piperidine rings is 2. The molecule has 4 saturated heterocycles. The maximum atomic E-state index is 13.7. The standard InChI is InChI=1S/C32H40N6O6.C16H28N2O4.CH4/c1-21-18-22(19-26-28(21)35(3)31(41)43-26)20-27(29(39)36-16-14-34(2)15-17-36)44-32(42)37-11-9-24(10-12-37)38-13-8-23-6-4-5-7-25(23)33-30(38)40;1-14-4-6-18(7-5-14)15(19)2-3-16(20)22-13-10-17-8-11-21-12-9-17;/h4-7,18-19,24,27H,8-17,20H2,1-3H3,(H,33,40);14H,2-13H2,1H3;1H4/t27-;;/m1../s1. The third-order valence-corrected chi connectivity index (χ3v) is 13.6. The van der Waals surface area contributed by atoms with Gasteiger partial charge in [0.05, 0.1) is 25.2 Å². The van der Waals surface area contributed by atoms with Crippen molar-refractivity contribution in [3.63, 3.8) is 0 Å². The predicted molar refractivity (Wildman–Crippen MR) is 254 cm³/mol. The number of hydrogen-bond donors (Lipinski definition) is 1. The van der Waals surface area contributed by atoms with Crippen molar-refractivity contribution in [1.29, 1.82) is 0 Å². The molecule has 67 heavy (non-hydrogen) atoms. The van der Waals surface area contributed by atoms with Gasteiger partial charge in [-0.15, -0.1) is 0 Å². The number of esters is 1. The molecule has 1 N–H and O–H groups in total. The number of carbonyl (C=O) groups is 5. The van der Waals surface area contributed by atoms with Gasteiger partial charge in [-0.05, 0) is 80.8 Å². The smallest absolute Gasteiger partial charge is 0.419 e. The van der Waals surface area contributed by atoms with E-state index < -0.39 is 18.0 Å². The van der Waals surface area contributed by atoms with E-state index in [9.17, 15) is 28.8 Å². The summed E-state index contributed by atoms with van der Waals surface area (Å²) in [5, 5.41) is 3.03. The van der Waals surface area contributed by atoms with Crippen LogP contribution in [-0.4, -0.2) is 181 Å². The number of oxazole rings is 1. The van der Waals surface area contributed by atoms with E-state index >= 15 is 0 Å². The Bertz CT molecular complexity index is 2220. The summed E-state index contributed by atoms with van der Waals surface area (Å²) in [7, 11) is 3.67. The number of benzene rings is 2. The minimum Gasteiger partial charge on any atom is -0.464 e. The number of urea groups is 1. The lowest BCUT2D eigenvalue weighted by Crippen LogP contribution is -2.53. The molecule has 1 aromatic heterocycles. The molecule has 4 fully saturated rings. The minimum atomic E-state index is -1.02. The van der Waals surface area contributed by atoms with Gasteiger partial charge in [-0.2, -0.15) is 0 Å². The number of morpholine rings is 1. The van der Waals surface area contributed by atoms with Crippen molar-refractivity contribution in [3.8, 4) is 0 Å². The van der Waals surface area contributed by atoms with Crippen LogP contribution in [0.5, 0.6) is 0 Å². The maximum absolute atomic E-state index is 13.7. The fourth-order valence-corrected chi connectivity index (χ4v) is 9.43. The van der Waals surface area contributed by atoms with Gasteiger partial charge < -0.3 is 48.4 Å². The number of aryl methyl sites for hydroxylation is 2. The third kappa shape index (κ3) is 13.6. The van der Waals surface area contributed by atoms with Gasteiger partial charge in [-0.25, -0.2) is 14.4 Å². The minimum absolute atomic E-state index is 0. The number of nitrogens with one attached hydrogen (secondary N) is 1. The summed E-state index contributed by atoms with van der Waals surface area (Å²) < 4.78 is 23.3. The number of nitrogens with zero attached hydrogens (tertiary/aromatic N) is 7. The van der Waals surface area contributed by atoms with E-state index in [0.717, 1.165) is 101 Å². The summed E-state index contributed by atoms with van der Waals surface area (Å²) in [5.41, 5.74) is 4.68. The largest absolute Gasteiger partial charge is 0.464 e. The Kier molecular flexibility index (Phi) is 18.3. The molecule has 5 amide bonds. The van der Waals surface area contributed by atoms with Gasteiger partial charge >= 0.3 is 23.8 Å². The number of fused-ring (bicyclic) bond motifs is 2. The van der Waals surface area contributed by atoms with Crippen LogP contribution in [-0.2, 0) is 48.5 Å². The third-order valence-electron chi connectivity index (χ3n) is 13.6. The van der Waals surface area contributed by atoms with E-state index in [1.807, 2.05) is 54.1 Å². The first-order chi connectivity index (χ1) is 31.8. The highest BCUT2D eigenvalue weighted by atomic mass is 16.6. The first kappa shape index (κ1) is 50.9. The van der Waals surface area contributed by atoms with Gasteiger partial charge in [0.15, 0.2) is 11.7 Å². The molecule has 6 heterocycles. The normalized spacial score (nSPS) is 19.3. The van der Waals surface area contributed by atoms with E-state index in [-0.39, 0.29) is 56.5 Å². The molecule has 0 saturated carbocycles. The zero-order valence-electron chi connectivity index (χ0n) is 39.2. The Morgan fingerprint density at radius 2 is 1.51 bits per heavy atom. The van der Waals surface area contributed by atoms with Crippen molar-refractivity contribution < 1.29 is 42.6 Å². The highest BCUT2D eigenvalue weighted by molar-refractivity contribution is 5.91. The molecule has 2 aromatic carbocycles. The fraction of sp³-hybridized carbons (Fsp3) is 0.633. The average molecular weight is 933 g/mol. The van der Waals surface area contributed by atoms with E-state index in [1.165, 1.54) is 4.57 Å². The number of para-hydroxylation sites is 1. The Balaban J connectivity index is 0.000000272. The molecule has 0 unspecified atom stereocenters. The molecule has 8 rings (SSSR count). The highest BCUT2D eigenvalue weighted by Gasteiger charge is 2.35. The summed E-state index contributed by atoms with van der Waals surface area (Å²) in [5.74, 6) is -0.171. The lowest BCUT2D eigenvalue weighted by molar-refractivity contribution is -0.147. The molecule has 3 aromatic rings. The second kappa shape index (κ2) is 24.0. The summed E-state index contributed by atoms with van der Waals surface area (Å²) in [6, 6.07) is 11.4. The van der Waals surface area contributed by atoms with Crippen LogP contribution in [0.3, 0.4) is 0 Å². The maximum Gasteiger partial charge on any atom is 0.419 e. The molecule has 0 spiro atoms. The van der Waals surface area contributed by atoms with E-state index in [2.05, 4.69) is 22.0 Å². The lowest BCUT2D eigenvalue weighted by atomic mass is 9.99. The van der Waals surface area contributed by atoms with Gasteiger partial charge in [0.1, 0.15) is 6.61 Å². The van der Waals surface area contributed by atoms with Gasteiger partial charge in [-0.1, -0.05) is 38.6 Å². The van der Waals surface area contributed by atoms with Crippen LogP contribution < -0.4 is 11.1 Å². The van der Waals surface area contributed by atoms with Gasteiger partial charge in [-0.3, -0.25) is 23.9 Å². The van der Waals surface area contributed by atoms with E-state index in [0.29, 0.717) is 69.2 Å². The molecule has 18 nitrogen and oxygen atoms in total. The summed E-state index contributed by atoms with van der Waals surface area (Å²) in [4.78, 5) is 87.6. The first-order valence-corrected chi connectivity index (χ1v) is 23.7. The van der Waals surface area contributed by atoms with E-state index in [4.69, 9.17) is 18.6 Å². The number of carbonyl (C=O) groups excluding carboxylic acids is 5. The Morgan fingerprint density at radius 1 is 0.821 bits per heavy atom. The molecule has 368 valence electrons. The van der Waals surface area contributed by atoms with Crippen LogP contribution in [0.4, 0.5) is 15.3 Å². The van der Waals surface area contributed by atoms with Gasteiger partial charge in [0, 0.05) is 110 Å². The van der Waals surface area contributed by atoms with Crippen LogP contribution in [0.25, 0.3) is 11.1 Å². The molecular formula is C49H72N8O10. The van der Waals surface area contributed by atoms with Crippen LogP contribution in [0.1, 0.15) is 69.6 Å². The quantitative estimate of drug-likeness (QED) is 0.269. The lowest BCUT2D eigenvalue weighted by Gasteiger charge is -2.38. The van der Waals surface area contributed by atoms with Crippen molar-refractivity contribution in [3.05, 3.63) is 63.6 Å². The summed E-state index contributed by atoms with van der Waals surface area (Å²) >= 11 is 0. The summed E-state index contributed by atoms with van der Waals surface area (Å²) in [6.07, 6.45) is 3.21. The van der Waals surface area contributed by atoms with Crippen LogP contribution in [0.15, 0.2) is 45.6 Å². The average Bonchev–Trinajstić information content (AvgIpc) is 3.50. The predicted octanol–water partition coefficient (Wildman–Crippen LogP) is 4.35. The number of amides is 5. The summed E-state index contributed by atoms with van der Waals surface area (Å²) in [6.45, 7) is 14.2. The Labute approximate surface area is 394 Å².